The van der Waals surface area contributed by atoms with E-state index in [4.69, 9.17) is 0 Å². The van der Waals surface area contributed by atoms with Crippen LogP contribution in [0.3, 0.4) is 0 Å². The molecule has 0 bridgehead atoms. The Labute approximate surface area is 101 Å². The van der Waals surface area contributed by atoms with E-state index in [0.717, 1.165) is 38.2 Å². The Morgan fingerprint density at radius 2 is 2.29 bits per heavy atom. The van der Waals surface area contributed by atoms with Crippen LogP contribution in [0.4, 0.5) is 0 Å². The highest BCUT2D eigenvalue weighted by Gasteiger charge is 2.19. The van der Waals surface area contributed by atoms with Crippen molar-refractivity contribution in [1.82, 2.24) is 20.4 Å². The fourth-order valence-electron chi connectivity index (χ4n) is 2.08. The first-order valence-electron chi connectivity index (χ1n) is 6.01. The second-order valence-corrected chi connectivity index (χ2v) is 4.38. The number of hydrogen-bond donors (Lipinski definition) is 1. The number of likely N-dealkylation sites (tertiary alicyclic amines) is 1. The lowest BCUT2D eigenvalue weighted by molar-refractivity contribution is -0.129. The molecule has 0 aromatic carbocycles. The number of hydrogen-bond acceptors (Lipinski definition) is 4. The van der Waals surface area contributed by atoms with Crippen LogP contribution in [0.25, 0.3) is 0 Å². The molecule has 1 aliphatic rings. The summed E-state index contributed by atoms with van der Waals surface area (Å²) in [4.78, 5) is 13.1. The Hall–Kier alpha value is -1.49. The zero-order valence-electron chi connectivity index (χ0n) is 10.1. The SMILES string of the molecule is CC(=O)N1CCC(NCc2cccnn2)CC1. The number of piperidine rings is 1. The molecule has 2 rings (SSSR count). The van der Waals surface area contributed by atoms with Gasteiger partial charge >= 0.3 is 0 Å². The van der Waals surface area contributed by atoms with Gasteiger partial charge in [-0.05, 0) is 25.0 Å². The molecule has 1 saturated heterocycles. The summed E-state index contributed by atoms with van der Waals surface area (Å²) in [6.07, 6.45) is 3.70. The van der Waals surface area contributed by atoms with Gasteiger partial charge in [-0.2, -0.15) is 10.2 Å². The second kappa shape index (κ2) is 5.72. The fraction of sp³-hybridized carbons (Fsp3) is 0.583. The van der Waals surface area contributed by atoms with Crippen molar-refractivity contribution in [2.24, 2.45) is 0 Å². The first-order chi connectivity index (χ1) is 8.25. The number of carbonyl (C=O) groups is 1. The fourth-order valence-corrected chi connectivity index (χ4v) is 2.08. The van der Waals surface area contributed by atoms with Crippen LogP contribution in [0, 0.1) is 0 Å². The maximum absolute atomic E-state index is 11.2. The van der Waals surface area contributed by atoms with Crippen molar-refractivity contribution in [2.45, 2.75) is 32.4 Å². The molecule has 17 heavy (non-hydrogen) atoms. The van der Waals surface area contributed by atoms with Crippen LogP contribution in [0.5, 0.6) is 0 Å². The summed E-state index contributed by atoms with van der Waals surface area (Å²) in [5, 5.41) is 11.3. The lowest BCUT2D eigenvalue weighted by Gasteiger charge is -2.31. The number of aromatic nitrogens is 2. The molecule has 0 spiro atoms. The third-order valence-corrected chi connectivity index (χ3v) is 3.14. The van der Waals surface area contributed by atoms with Crippen molar-refractivity contribution < 1.29 is 4.79 Å². The quantitative estimate of drug-likeness (QED) is 0.831. The maximum Gasteiger partial charge on any atom is 0.219 e. The van der Waals surface area contributed by atoms with Gasteiger partial charge in [0.1, 0.15) is 0 Å². The molecule has 0 unspecified atom stereocenters. The van der Waals surface area contributed by atoms with E-state index in [-0.39, 0.29) is 5.91 Å². The van der Waals surface area contributed by atoms with Gasteiger partial charge in [0.05, 0.1) is 5.69 Å². The molecular formula is C12H18N4O. The van der Waals surface area contributed by atoms with E-state index >= 15 is 0 Å². The molecule has 0 saturated carbocycles. The minimum absolute atomic E-state index is 0.178. The third kappa shape index (κ3) is 3.49. The molecule has 1 N–H and O–H groups in total. The summed E-state index contributed by atoms with van der Waals surface area (Å²) in [5.41, 5.74) is 0.960. The van der Waals surface area contributed by atoms with Crippen LogP contribution in [0.2, 0.25) is 0 Å². The minimum atomic E-state index is 0.178. The molecule has 1 amide bonds. The standard InChI is InChI=1S/C12H18N4O/c1-10(17)16-7-4-11(5-8-16)13-9-12-3-2-6-14-15-12/h2-3,6,11,13H,4-5,7-9H2,1H3. The Balaban J connectivity index is 1.74. The van der Waals surface area contributed by atoms with Crippen LogP contribution in [0.1, 0.15) is 25.5 Å². The first kappa shape index (κ1) is 12.0. The van der Waals surface area contributed by atoms with Crippen molar-refractivity contribution in [3.8, 4) is 0 Å². The molecule has 2 heterocycles. The lowest BCUT2D eigenvalue weighted by atomic mass is 10.1. The second-order valence-electron chi connectivity index (χ2n) is 4.38. The van der Waals surface area contributed by atoms with E-state index in [1.54, 1.807) is 13.1 Å². The molecule has 1 aromatic rings. The van der Waals surface area contributed by atoms with Gasteiger partial charge in [-0.1, -0.05) is 0 Å². The maximum atomic E-state index is 11.2. The Morgan fingerprint density at radius 3 is 2.88 bits per heavy atom. The molecule has 92 valence electrons. The predicted molar refractivity (Wildman–Crippen MR) is 64.1 cm³/mol. The molecule has 1 fully saturated rings. The van der Waals surface area contributed by atoms with E-state index in [1.807, 2.05) is 17.0 Å². The highest BCUT2D eigenvalue weighted by Crippen LogP contribution is 2.10. The molecular weight excluding hydrogens is 216 g/mol. The van der Waals surface area contributed by atoms with Crippen LogP contribution in [-0.4, -0.2) is 40.1 Å². The molecule has 5 heteroatoms. The van der Waals surface area contributed by atoms with Crippen molar-refractivity contribution in [3.63, 3.8) is 0 Å². The Morgan fingerprint density at radius 1 is 1.53 bits per heavy atom. The third-order valence-electron chi connectivity index (χ3n) is 3.14. The van der Waals surface area contributed by atoms with Crippen LogP contribution in [0.15, 0.2) is 18.3 Å². The van der Waals surface area contributed by atoms with Crippen molar-refractivity contribution in [1.29, 1.82) is 0 Å². The summed E-state index contributed by atoms with van der Waals surface area (Å²) in [6, 6.07) is 4.33. The Kier molecular flexibility index (Phi) is 4.03. The molecule has 1 aliphatic heterocycles. The summed E-state index contributed by atoms with van der Waals surface area (Å²) in [7, 11) is 0. The average Bonchev–Trinajstić information content (AvgIpc) is 2.38. The predicted octanol–water partition coefficient (Wildman–Crippen LogP) is 0.577. The van der Waals surface area contributed by atoms with E-state index in [9.17, 15) is 4.79 Å². The van der Waals surface area contributed by atoms with E-state index in [1.165, 1.54) is 0 Å². The zero-order chi connectivity index (χ0) is 12.1. The van der Waals surface area contributed by atoms with Gasteiger partial charge in [0.15, 0.2) is 0 Å². The average molecular weight is 234 g/mol. The lowest BCUT2D eigenvalue weighted by Crippen LogP contribution is -2.44. The molecule has 1 aromatic heterocycles. The van der Waals surface area contributed by atoms with Crippen LogP contribution >= 0.6 is 0 Å². The Bertz CT molecular complexity index is 360. The normalized spacial score (nSPS) is 17.1. The largest absolute Gasteiger partial charge is 0.343 e. The smallest absolute Gasteiger partial charge is 0.219 e. The van der Waals surface area contributed by atoms with Gasteiger partial charge in [-0.3, -0.25) is 4.79 Å². The van der Waals surface area contributed by atoms with E-state index in [0.29, 0.717) is 6.04 Å². The number of amides is 1. The van der Waals surface area contributed by atoms with Crippen LogP contribution in [-0.2, 0) is 11.3 Å². The number of rotatable bonds is 3. The number of nitrogens with one attached hydrogen (secondary N) is 1. The topological polar surface area (TPSA) is 58.1 Å². The summed E-state index contributed by atoms with van der Waals surface area (Å²) in [5.74, 6) is 0.178. The first-order valence-corrected chi connectivity index (χ1v) is 6.01. The minimum Gasteiger partial charge on any atom is -0.343 e. The number of carbonyl (C=O) groups excluding carboxylic acids is 1. The number of nitrogens with zero attached hydrogens (tertiary/aromatic N) is 3. The van der Waals surface area contributed by atoms with Gasteiger partial charge in [0.25, 0.3) is 0 Å². The molecule has 0 radical (unpaired) electrons. The van der Waals surface area contributed by atoms with Crippen molar-refractivity contribution in [3.05, 3.63) is 24.0 Å². The monoisotopic (exact) mass is 234 g/mol. The highest BCUT2D eigenvalue weighted by atomic mass is 16.2. The van der Waals surface area contributed by atoms with Gasteiger partial charge in [0, 0.05) is 38.8 Å². The van der Waals surface area contributed by atoms with Gasteiger partial charge in [0.2, 0.25) is 5.91 Å². The van der Waals surface area contributed by atoms with E-state index in [2.05, 4.69) is 15.5 Å². The summed E-state index contributed by atoms with van der Waals surface area (Å²) >= 11 is 0. The van der Waals surface area contributed by atoms with Crippen molar-refractivity contribution in [2.75, 3.05) is 13.1 Å². The molecule has 5 nitrogen and oxygen atoms in total. The van der Waals surface area contributed by atoms with E-state index < -0.39 is 0 Å². The zero-order valence-corrected chi connectivity index (χ0v) is 10.1. The summed E-state index contributed by atoms with van der Waals surface area (Å²) in [6.45, 7) is 4.09. The molecule has 0 aliphatic carbocycles. The van der Waals surface area contributed by atoms with Crippen LogP contribution < -0.4 is 5.32 Å². The van der Waals surface area contributed by atoms with Crippen molar-refractivity contribution >= 4 is 5.91 Å². The summed E-state index contributed by atoms with van der Waals surface area (Å²) < 4.78 is 0. The van der Waals surface area contributed by atoms with Gasteiger partial charge in [-0.25, -0.2) is 0 Å². The van der Waals surface area contributed by atoms with Gasteiger partial charge < -0.3 is 10.2 Å². The highest BCUT2D eigenvalue weighted by molar-refractivity contribution is 5.73. The molecule has 0 atom stereocenters. The van der Waals surface area contributed by atoms with Gasteiger partial charge in [-0.15, -0.1) is 0 Å².